The van der Waals surface area contributed by atoms with Crippen molar-refractivity contribution in [3.8, 4) is 0 Å². The van der Waals surface area contributed by atoms with E-state index in [0.29, 0.717) is 0 Å². The summed E-state index contributed by atoms with van der Waals surface area (Å²) in [4.78, 5) is 21.9. The first kappa shape index (κ1) is 12.5. The molecule has 2 unspecified atom stereocenters. The lowest BCUT2D eigenvalue weighted by Crippen LogP contribution is -2.44. The molecule has 3 N–H and O–H groups in total. The summed E-state index contributed by atoms with van der Waals surface area (Å²) in [6.45, 7) is 3.25. The number of carboxylic acid groups (broad SMARTS) is 1. The van der Waals surface area contributed by atoms with Crippen LogP contribution >= 0.6 is 11.3 Å². The summed E-state index contributed by atoms with van der Waals surface area (Å²) in [6, 6.07) is 0.409. The van der Waals surface area contributed by atoms with E-state index in [-0.39, 0.29) is 6.04 Å². The lowest BCUT2D eigenvalue weighted by atomic mass is 10.2. The number of carboxylic acids is 1. The van der Waals surface area contributed by atoms with Gasteiger partial charge in [0.2, 0.25) is 0 Å². The van der Waals surface area contributed by atoms with Gasteiger partial charge in [0.15, 0.2) is 0 Å². The number of nitrogens with one attached hydrogen (secondary N) is 2. The summed E-state index contributed by atoms with van der Waals surface area (Å²) in [5.74, 6) is -1.06. The van der Waals surface area contributed by atoms with Gasteiger partial charge < -0.3 is 15.7 Å². The first-order chi connectivity index (χ1) is 7.50. The number of thiophene rings is 1. The minimum atomic E-state index is -1.06. The molecule has 0 saturated heterocycles. The van der Waals surface area contributed by atoms with Crippen LogP contribution in [0, 0.1) is 0 Å². The molecule has 0 aliphatic heterocycles. The lowest BCUT2D eigenvalue weighted by Gasteiger charge is -2.15. The van der Waals surface area contributed by atoms with Gasteiger partial charge in [-0.25, -0.2) is 4.79 Å². The number of urea groups is 1. The van der Waals surface area contributed by atoms with E-state index in [9.17, 15) is 9.59 Å². The van der Waals surface area contributed by atoms with E-state index < -0.39 is 18.0 Å². The fourth-order valence-corrected chi connectivity index (χ4v) is 1.86. The van der Waals surface area contributed by atoms with Gasteiger partial charge in [0.05, 0.1) is 6.04 Å². The fourth-order valence-electron chi connectivity index (χ4n) is 1.10. The van der Waals surface area contributed by atoms with Crippen molar-refractivity contribution in [2.24, 2.45) is 0 Å². The van der Waals surface area contributed by atoms with Crippen molar-refractivity contribution in [3.63, 3.8) is 0 Å². The Hall–Kier alpha value is -1.56. The predicted molar refractivity (Wildman–Crippen MR) is 61.5 cm³/mol. The average molecular weight is 242 g/mol. The van der Waals surface area contributed by atoms with Crippen LogP contribution in [0.15, 0.2) is 16.8 Å². The number of rotatable bonds is 4. The normalized spacial score (nSPS) is 13.9. The maximum Gasteiger partial charge on any atom is 0.325 e. The Labute approximate surface area is 97.5 Å². The van der Waals surface area contributed by atoms with Gasteiger partial charge in [-0.3, -0.25) is 4.79 Å². The molecule has 6 heteroatoms. The molecule has 5 nitrogen and oxygen atoms in total. The molecule has 0 saturated carbocycles. The van der Waals surface area contributed by atoms with Crippen LogP contribution in [-0.4, -0.2) is 23.1 Å². The van der Waals surface area contributed by atoms with Gasteiger partial charge in [-0.15, -0.1) is 0 Å². The highest BCUT2D eigenvalue weighted by molar-refractivity contribution is 7.07. The molecule has 1 aromatic rings. The molecule has 1 heterocycles. The van der Waals surface area contributed by atoms with Gasteiger partial charge in [0.25, 0.3) is 0 Å². The van der Waals surface area contributed by atoms with Crippen LogP contribution in [0.25, 0.3) is 0 Å². The second-order valence-corrected chi connectivity index (χ2v) is 4.24. The number of hydrogen-bond donors (Lipinski definition) is 3. The van der Waals surface area contributed by atoms with Gasteiger partial charge in [0.1, 0.15) is 6.04 Å². The predicted octanol–water partition coefficient (Wildman–Crippen LogP) is 1.58. The molecule has 0 bridgehead atoms. The zero-order chi connectivity index (χ0) is 12.1. The monoisotopic (exact) mass is 242 g/mol. The maximum atomic E-state index is 11.4. The Bertz CT molecular complexity index is 364. The molecule has 2 amide bonds. The summed E-state index contributed by atoms with van der Waals surface area (Å²) < 4.78 is 0. The summed E-state index contributed by atoms with van der Waals surface area (Å²) in [5, 5.41) is 17.5. The molecule has 88 valence electrons. The summed E-state index contributed by atoms with van der Waals surface area (Å²) >= 11 is 1.55. The van der Waals surface area contributed by atoms with E-state index in [0.717, 1.165) is 5.56 Å². The number of hydrogen-bond acceptors (Lipinski definition) is 3. The quantitative estimate of drug-likeness (QED) is 0.750. The molecule has 0 fully saturated rings. The molecule has 0 radical (unpaired) electrons. The molecule has 1 rings (SSSR count). The van der Waals surface area contributed by atoms with Gasteiger partial charge in [-0.1, -0.05) is 0 Å². The van der Waals surface area contributed by atoms with E-state index in [1.165, 1.54) is 6.92 Å². The number of amides is 2. The third-order valence-electron chi connectivity index (χ3n) is 2.11. The van der Waals surface area contributed by atoms with Crippen LogP contribution in [0.2, 0.25) is 0 Å². The van der Waals surface area contributed by atoms with Crippen molar-refractivity contribution in [1.29, 1.82) is 0 Å². The standard InChI is InChI=1S/C10H14N2O3S/c1-6(8-3-4-16-5-8)11-10(15)12-7(2)9(13)14/h3-7H,1-2H3,(H,13,14)(H2,11,12,15). The van der Waals surface area contributed by atoms with Crippen LogP contribution in [0.3, 0.4) is 0 Å². The van der Waals surface area contributed by atoms with Crippen molar-refractivity contribution in [3.05, 3.63) is 22.4 Å². The third kappa shape index (κ3) is 3.54. The molecular weight excluding hydrogens is 228 g/mol. The molecule has 0 aromatic carbocycles. The second kappa shape index (κ2) is 5.50. The van der Waals surface area contributed by atoms with E-state index in [1.54, 1.807) is 11.3 Å². The van der Waals surface area contributed by atoms with Gasteiger partial charge in [0, 0.05) is 0 Å². The maximum absolute atomic E-state index is 11.4. The van der Waals surface area contributed by atoms with Crippen molar-refractivity contribution in [2.45, 2.75) is 25.9 Å². The molecule has 0 aliphatic rings. The highest BCUT2D eigenvalue weighted by Gasteiger charge is 2.15. The van der Waals surface area contributed by atoms with E-state index in [4.69, 9.17) is 5.11 Å². The van der Waals surface area contributed by atoms with Gasteiger partial charge in [-0.2, -0.15) is 11.3 Å². The minimum absolute atomic E-state index is 0.132. The number of carbonyl (C=O) groups excluding carboxylic acids is 1. The zero-order valence-corrected chi connectivity index (χ0v) is 9.88. The SMILES string of the molecule is CC(NC(=O)NC(C)c1ccsc1)C(=O)O. The Morgan fingerprint density at radius 1 is 1.38 bits per heavy atom. The van der Waals surface area contributed by atoms with E-state index in [1.807, 2.05) is 23.8 Å². The summed E-state index contributed by atoms with van der Waals surface area (Å²) in [5.41, 5.74) is 1.00. The van der Waals surface area contributed by atoms with Crippen molar-refractivity contribution in [1.82, 2.24) is 10.6 Å². The first-order valence-electron chi connectivity index (χ1n) is 4.82. The van der Waals surface area contributed by atoms with Gasteiger partial charge >= 0.3 is 12.0 Å². The van der Waals surface area contributed by atoms with E-state index in [2.05, 4.69) is 10.6 Å². The van der Waals surface area contributed by atoms with Crippen molar-refractivity contribution >= 4 is 23.3 Å². The largest absolute Gasteiger partial charge is 0.480 e. The minimum Gasteiger partial charge on any atom is -0.480 e. The summed E-state index contributed by atoms with van der Waals surface area (Å²) in [7, 11) is 0. The smallest absolute Gasteiger partial charge is 0.325 e. The molecular formula is C10H14N2O3S. The van der Waals surface area contributed by atoms with Crippen LogP contribution in [0.5, 0.6) is 0 Å². The second-order valence-electron chi connectivity index (χ2n) is 3.46. The molecule has 2 atom stereocenters. The zero-order valence-electron chi connectivity index (χ0n) is 9.06. The first-order valence-corrected chi connectivity index (χ1v) is 5.77. The Morgan fingerprint density at radius 2 is 2.06 bits per heavy atom. The van der Waals surface area contributed by atoms with E-state index >= 15 is 0 Å². The Kier molecular flexibility index (Phi) is 4.30. The summed E-state index contributed by atoms with van der Waals surface area (Å²) in [6.07, 6.45) is 0. The molecule has 1 aromatic heterocycles. The fraction of sp³-hybridized carbons (Fsp3) is 0.400. The Balaban J connectivity index is 2.43. The third-order valence-corrected chi connectivity index (χ3v) is 2.81. The molecule has 0 spiro atoms. The lowest BCUT2D eigenvalue weighted by molar-refractivity contribution is -0.138. The van der Waals surface area contributed by atoms with Crippen molar-refractivity contribution in [2.75, 3.05) is 0 Å². The van der Waals surface area contributed by atoms with Crippen LogP contribution < -0.4 is 10.6 Å². The van der Waals surface area contributed by atoms with Crippen LogP contribution in [0.4, 0.5) is 4.79 Å². The Morgan fingerprint density at radius 3 is 2.56 bits per heavy atom. The average Bonchev–Trinajstić information content (AvgIpc) is 2.69. The molecule has 16 heavy (non-hydrogen) atoms. The van der Waals surface area contributed by atoms with Gasteiger partial charge in [-0.05, 0) is 36.2 Å². The molecule has 0 aliphatic carbocycles. The topological polar surface area (TPSA) is 78.4 Å². The highest BCUT2D eigenvalue weighted by Crippen LogP contribution is 2.15. The van der Waals surface area contributed by atoms with Crippen molar-refractivity contribution < 1.29 is 14.7 Å². The highest BCUT2D eigenvalue weighted by atomic mass is 32.1. The van der Waals surface area contributed by atoms with Crippen LogP contribution in [-0.2, 0) is 4.79 Å². The van der Waals surface area contributed by atoms with Crippen LogP contribution in [0.1, 0.15) is 25.5 Å². The number of carbonyl (C=O) groups is 2. The number of aliphatic carboxylic acids is 1.